The van der Waals surface area contributed by atoms with Gasteiger partial charge in [-0.2, -0.15) is 0 Å². The van der Waals surface area contributed by atoms with E-state index in [2.05, 4.69) is 27.9 Å². The smallest absolute Gasteiger partial charge is 0.335 e. The Bertz CT molecular complexity index is 669. The van der Waals surface area contributed by atoms with Gasteiger partial charge in [0, 0.05) is 9.13 Å². The van der Waals surface area contributed by atoms with Gasteiger partial charge >= 0.3 is 5.97 Å². The van der Waals surface area contributed by atoms with Gasteiger partial charge in [-0.15, -0.1) is 0 Å². The summed E-state index contributed by atoms with van der Waals surface area (Å²) < 4.78 is 1.03. The standard InChI is InChI=1S/C14H11IN2O3/c15-10-4-1-8(2-5-10)13(18)17-12-6-3-9(14(19)20)7-11(12)16/h1-7H,16H2,(H,17,18)(H,19,20). The molecular weight excluding hydrogens is 371 g/mol. The Kier molecular flexibility index (Phi) is 4.23. The average Bonchev–Trinajstić information content (AvgIpc) is 2.41. The predicted molar refractivity (Wildman–Crippen MR) is 84.9 cm³/mol. The molecule has 0 aromatic heterocycles. The molecule has 0 saturated heterocycles. The van der Waals surface area contributed by atoms with Gasteiger partial charge in [0.25, 0.3) is 5.91 Å². The van der Waals surface area contributed by atoms with E-state index in [-0.39, 0.29) is 17.2 Å². The van der Waals surface area contributed by atoms with E-state index in [4.69, 9.17) is 10.8 Å². The van der Waals surface area contributed by atoms with Crippen molar-refractivity contribution in [2.24, 2.45) is 0 Å². The molecule has 1 amide bonds. The van der Waals surface area contributed by atoms with Crippen molar-refractivity contribution in [3.63, 3.8) is 0 Å². The van der Waals surface area contributed by atoms with Crippen molar-refractivity contribution < 1.29 is 14.7 Å². The summed E-state index contributed by atoms with van der Waals surface area (Å²) in [5, 5.41) is 11.5. The van der Waals surface area contributed by atoms with Crippen LogP contribution in [0.1, 0.15) is 20.7 Å². The number of nitrogens with one attached hydrogen (secondary N) is 1. The van der Waals surface area contributed by atoms with Crippen LogP contribution in [0.15, 0.2) is 42.5 Å². The van der Waals surface area contributed by atoms with Gasteiger partial charge in [0.1, 0.15) is 0 Å². The number of aromatic carboxylic acids is 1. The van der Waals surface area contributed by atoms with E-state index in [0.717, 1.165) is 3.57 Å². The molecular formula is C14H11IN2O3. The maximum Gasteiger partial charge on any atom is 0.335 e. The molecule has 2 rings (SSSR count). The summed E-state index contributed by atoms with van der Waals surface area (Å²) in [6.45, 7) is 0. The molecule has 0 unspecified atom stereocenters. The zero-order chi connectivity index (χ0) is 14.7. The molecule has 4 N–H and O–H groups in total. The summed E-state index contributed by atoms with van der Waals surface area (Å²) in [6, 6.07) is 11.2. The molecule has 0 saturated carbocycles. The minimum absolute atomic E-state index is 0.0785. The lowest BCUT2D eigenvalue weighted by molar-refractivity contribution is 0.0697. The predicted octanol–water partition coefficient (Wildman–Crippen LogP) is 2.82. The third-order valence-corrected chi connectivity index (χ3v) is 3.37. The molecule has 6 heteroatoms. The van der Waals surface area contributed by atoms with Crippen LogP contribution in [0.3, 0.4) is 0 Å². The average molecular weight is 382 g/mol. The number of anilines is 2. The first-order valence-corrected chi connectivity index (χ1v) is 6.75. The van der Waals surface area contributed by atoms with Crippen molar-refractivity contribution in [2.75, 3.05) is 11.1 Å². The van der Waals surface area contributed by atoms with Gasteiger partial charge in [-0.3, -0.25) is 4.79 Å². The van der Waals surface area contributed by atoms with Crippen LogP contribution in [0.4, 0.5) is 11.4 Å². The lowest BCUT2D eigenvalue weighted by Gasteiger charge is -2.09. The van der Waals surface area contributed by atoms with E-state index in [9.17, 15) is 9.59 Å². The molecule has 0 fully saturated rings. The zero-order valence-corrected chi connectivity index (χ0v) is 12.4. The number of hydrogen-bond acceptors (Lipinski definition) is 3. The molecule has 0 aliphatic heterocycles. The number of halogens is 1. The topological polar surface area (TPSA) is 92.4 Å². The first-order chi connectivity index (χ1) is 9.47. The molecule has 0 radical (unpaired) electrons. The molecule has 0 spiro atoms. The van der Waals surface area contributed by atoms with Crippen molar-refractivity contribution in [3.05, 3.63) is 57.2 Å². The Balaban J connectivity index is 2.19. The fourth-order valence-corrected chi connectivity index (χ4v) is 1.96. The van der Waals surface area contributed by atoms with Crippen LogP contribution in [0, 0.1) is 3.57 Å². The van der Waals surface area contributed by atoms with E-state index in [1.807, 2.05) is 12.1 Å². The summed E-state index contributed by atoms with van der Waals surface area (Å²) >= 11 is 2.15. The number of carbonyl (C=O) groups excluding carboxylic acids is 1. The quantitative estimate of drug-likeness (QED) is 0.562. The van der Waals surface area contributed by atoms with Crippen LogP contribution >= 0.6 is 22.6 Å². The van der Waals surface area contributed by atoms with Gasteiger partial charge in [-0.05, 0) is 65.1 Å². The van der Waals surface area contributed by atoms with E-state index in [1.54, 1.807) is 12.1 Å². The van der Waals surface area contributed by atoms with Gasteiger partial charge in [0.15, 0.2) is 0 Å². The van der Waals surface area contributed by atoms with Gasteiger partial charge in [-0.25, -0.2) is 4.79 Å². The second kappa shape index (κ2) is 5.91. The van der Waals surface area contributed by atoms with Crippen LogP contribution in [-0.2, 0) is 0 Å². The number of carbonyl (C=O) groups is 2. The SMILES string of the molecule is Nc1cc(C(=O)O)ccc1NC(=O)c1ccc(I)cc1. The maximum atomic E-state index is 12.0. The summed E-state index contributed by atoms with van der Waals surface area (Å²) in [6.07, 6.45) is 0. The molecule has 0 aliphatic carbocycles. The minimum Gasteiger partial charge on any atom is -0.478 e. The Morgan fingerprint density at radius 3 is 2.20 bits per heavy atom. The number of hydrogen-bond donors (Lipinski definition) is 3. The summed E-state index contributed by atoms with van der Waals surface area (Å²) in [4.78, 5) is 22.8. The molecule has 20 heavy (non-hydrogen) atoms. The second-order valence-corrected chi connectivity index (χ2v) is 5.31. The fourth-order valence-electron chi connectivity index (χ4n) is 1.61. The lowest BCUT2D eigenvalue weighted by atomic mass is 10.1. The number of rotatable bonds is 3. The third-order valence-electron chi connectivity index (χ3n) is 2.65. The first kappa shape index (κ1) is 14.3. The van der Waals surface area contributed by atoms with Gasteiger partial charge in [-0.1, -0.05) is 0 Å². The van der Waals surface area contributed by atoms with Crippen LogP contribution < -0.4 is 11.1 Å². The maximum absolute atomic E-state index is 12.0. The van der Waals surface area contributed by atoms with Crippen molar-refractivity contribution in [2.45, 2.75) is 0 Å². The number of carboxylic acids is 1. The van der Waals surface area contributed by atoms with E-state index in [0.29, 0.717) is 11.3 Å². The Morgan fingerprint density at radius 2 is 1.65 bits per heavy atom. The molecule has 0 bridgehead atoms. The molecule has 2 aromatic carbocycles. The van der Waals surface area contributed by atoms with Crippen molar-refractivity contribution in [3.8, 4) is 0 Å². The van der Waals surface area contributed by atoms with E-state index in [1.165, 1.54) is 18.2 Å². The monoisotopic (exact) mass is 382 g/mol. The van der Waals surface area contributed by atoms with Crippen molar-refractivity contribution >= 4 is 45.8 Å². The molecule has 0 atom stereocenters. The van der Waals surface area contributed by atoms with Gasteiger partial charge < -0.3 is 16.2 Å². The number of nitrogen functional groups attached to an aromatic ring is 1. The lowest BCUT2D eigenvalue weighted by Crippen LogP contribution is -2.13. The third kappa shape index (κ3) is 3.27. The molecule has 0 aliphatic rings. The normalized spacial score (nSPS) is 10.1. The minimum atomic E-state index is -1.06. The van der Waals surface area contributed by atoms with Crippen LogP contribution in [0.2, 0.25) is 0 Å². The van der Waals surface area contributed by atoms with Crippen molar-refractivity contribution in [1.29, 1.82) is 0 Å². The Hall–Kier alpha value is -2.09. The highest BCUT2D eigenvalue weighted by atomic mass is 127. The Labute approximate surface area is 128 Å². The fraction of sp³-hybridized carbons (Fsp3) is 0. The van der Waals surface area contributed by atoms with Crippen LogP contribution in [-0.4, -0.2) is 17.0 Å². The van der Waals surface area contributed by atoms with Gasteiger partial charge in [0.2, 0.25) is 0 Å². The van der Waals surface area contributed by atoms with Gasteiger partial charge in [0.05, 0.1) is 16.9 Å². The number of benzene rings is 2. The van der Waals surface area contributed by atoms with Crippen LogP contribution in [0.5, 0.6) is 0 Å². The summed E-state index contributed by atoms with van der Waals surface area (Å²) in [7, 11) is 0. The highest BCUT2D eigenvalue weighted by Gasteiger charge is 2.10. The molecule has 0 heterocycles. The Morgan fingerprint density at radius 1 is 1.05 bits per heavy atom. The second-order valence-electron chi connectivity index (χ2n) is 4.07. The molecule has 5 nitrogen and oxygen atoms in total. The largest absolute Gasteiger partial charge is 0.478 e. The highest BCUT2D eigenvalue weighted by molar-refractivity contribution is 14.1. The summed E-state index contributed by atoms with van der Waals surface area (Å²) in [5.74, 6) is -1.36. The number of nitrogens with two attached hydrogens (primary N) is 1. The zero-order valence-electron chi connectivity index (χ0n) is 10.3. The summed E-state index contributed by atoms with van der Waals surface area (Å²) in [5.41, 5.74) is 6.91. The van der Waals surface area contributed by atoms with Crippen LogP contribution in [0.25, 0.3) is 0 Å². The van der Waals surface area contributed by atoms with Crippen molar-refractivity contribution in [1.82, 2.24) is 0 Å². The first-order valence-electron chi connectivity index (χ1n) is 5.67. The van der Waals surface area contributed by atoms with E-state index < -0.39 is 5.97 Å². The molecule has 2 aromatic rings. The number of amides is 1. The van der Waals surface area contributed by atoms with E-state index >= 15 is 0 Å². The highest BCUT2D eigenvalue weighted by Crippen LogP contribution is 2.21. The molecule has 102 valence electrons. The number of carboxylic acid groups (broad SMARTS) is 1.